The molecule has 0 saturated heterocycles. The van der Waals surface area contributed by atoms with Crippen LogP contribution in [0.2, 0.25) is 5.02 Å². The summed E-state index contributed by atoms with van der Waals surface area (Å²) in [5.74, 6) is 0.260. The van der Waals surface area contributed by atoms with Crippen molar-refractivity contribution in [1.82, 2.24) is 9.78 Å². The van der Waals surface area contributed by atoms with Gasteiger partial charge in [0.15, 0.2) is 12.4 Å². The number of halogens is 1. The lowest BCUT2D eigenvalue weighted by molar-refractivity contribution is -0.384. The summed E-state index contributed by atoms with van der Waals surface area (Å²) < 4.78 is 12.3. The number of benzene rings is 2. The van der Waals surface area contributed by atoms with E-state index in [1.807, 2.05) is 13.0 Å². The van der Waals surface area contributed by atoms with E-state index in [9.17, 15) is 14.9 Å². The molecule has 0 radical (unpaired) electrons. The molecule has 0 aliphatic carbocycles. The van der Waals surface area contributed by atoms with E-state index in [1.54, 1.807) is 31.3 Å². The van der Waals surface area contributed by atoms with E-state index < -0.39 is 10.8 Å². The molecule has 9 nitrogen and oxygen atoms in total. The Balaban J connectivity index is 1.69. The van der Waals surface area contributed by atoms with Crippen molar-refractivity contribution >= 4 is 28.9 Å². The van der Waals surface area contributed by atoms with Gasteiger partial charge < -0.3 is 14.8 Å². The molecule has 10 heteroatoms. The van der Waals surface area contributed by atoms with Gasteiger partial charge in [0, 0.05) is 6.20 Å². The number of amides is 1. The fourth-order valence-corrected chi connectivity index (χ4v) is 2.79. The minimum atomic E-state index is -0.588. The number of carbonyl (C=O) groups is 1. The van der Waals surface area contributed by atoms with Crippen molar-refractivity contribution in [1.29, 1.82) is 0 Å². The number of nitrogens with one attached hydrogen (secondary N) is 1. The maximum atomic E-state index is 12.5. The van der Waals surface area contributed by atoms with Crippen molar-refractivity contribution in [3.8, 4) is 11.5 Å². The van der Waals surface area contributed by atoms with Crippen molar-refractivity contribution in [3.05, 3.63) is 75.1 Å². The Bertz CT molecular complexity index is 1080. The van der Waals surface area contributed by atoms with Gasteiger partial charge in [-0.15, -0.1) is 0 Å². The van der Waals surface area contributed by atoms with Gasteiger partial charge in [0.2, 0.25) is 0 Å². The second kappa shape index (κ2) is 9.27. The summed E-state index contributed by atoms with van der Waals surface area (Å²) in [5, 5.41) is 18.4. The molecule has 3 rings (SSSR count). The third-order valence-electron chi connectivity index (χ3n) is 4.04. The van der Waals surface area contributed by atoms with Gasteiger partial charge in [0.25, 0.3) is 11.6 Å². The van der Waals surface area contributed by atoms with Crippen molar-refractivity contribution in [2.45, 2.75) is 20.6 Å². The monoisotopic (exact) mass is 430 g/mol. The summed E-state index contributed by atoms with van der Waals surface area (Å²) in [7, 11) is 0. The van der Waals surface area contributed by atoms with E-state index >= 15 is 0 Å². The molecule has 0 saturated carbocycles. The van der Waals surface area contributed by atoms with Crippen LogP contribution in [0.4, 0.5) is 11.4 Å². The molecular weight excluding hydrogens is 412 g/mol. The van der Waals surface area contributed by atoms with Crippen LogP contribution in [0.3, 0.4) is 0 Å². The van der Waals surface area contributed by atoms with E-state index in [0.29, 0.717) is 23.1 Å². The highest BCUT2D eigenvalue weighted by Crippen LogP contribution is 2.29. The summed E-state index contributed by atoms with van der Waals surface area (Å²) in [5.41, 5.74) is 0.848. The molecule has 1 heterocycles. The topological polar surface area (TPSA) is 109 Å². The van der Waals surface area contributed by atoms with E-state index in [0.717, 1.165) is 5.56 Å². The van der Waals surface area contributed by atoms with Crippen molar-refractivity contribution < 1.29 is 19.2 Å². The van der Waals surface area contributed by atoms with E-state index in [2.05, 4.69) is 10.4 Å². The Labute approximate surface area is 177 Å². The number of anilines is 1. The van der Waals surface area contributed by atoms with Gasteiger partial charge >= 0.3 is 0 Å². The van der Waals surface area contributed by atoms with Crippen LogP contribution in [0.5, 0.6) is 11.5 Å². The Morgan fingerprint density at radius 3 is 2.77 bits per heavy atom. The first-order chi connectivity index (χ1) is 14.4. The van der Waals surface area contributed by atoms with Crippen molar-refractivity contribution in [2.75, 3.05) is 11.9 Å². The summed E-state index contributed by atoms with van der Waals surface area (Å²) in [4.78, 5) is 23.2. The molecule has 0 aliphatic heterocycles. The summed E-state index contributed by atoms with van der Waals surface area (Å²) >= 11 is 6.10. The van der Waals surface area contributed by atoms with Gasteiger partial charge in [0.1, 0.15) is 17.2 Å². The first-order valence-corrected chi connectivity index (χ1v) is 9.40. The maximum absolute atomic E-state index is 12.5. The highest BCUT2D eigenvalue weighted by Gasteiger charge is 2.19. The average Bonchev–Trinajstić information content (AvgIpc) is 3.19. The number of aryl methyl sites for hydroxylation is 1. The molecule has 0 fully saturated rings. The van der Waals surface area contributed by atoms with Gasteiger partial charge in [-0.05, 0) is 49.7 Å². The minimum absolute atomic E-state index is 0.0413. The highest BCUT2D eigenvalue weighted by atomic mass is 35.5. The third-order valence-corrected chi connectivity index (χ3v) is 4.35. The van der Waals surface area contributed by atoms with Crippen LogP contribution in [-0.4, -0.2) is 27.2 Å². The molecule has 0 bridgehead atoms. The summed E-state index contributed by atoms with van der Waals surface area (Å²) in [6.45, 7) is 4.10. The van der Waals surface area contributed by atoms with Crippen LogP contribution >= 0.6 is 11.6 Å². The number of carbonyl (C=O) groups excluding carboxylic acids is 1. The van der Waals surface area contributed by atoms with Crippen LogP contribution in [0.25, 0.3) is 0 Å². The molecule has 0 unspecified atom stereocenters. The minimum Gasteiger partial charge on any atom is -0.494 e. The maximum Gasteiger partial charge on any atom is 0.296 e. The number of nitro benzene ring substituents is 1. The van der Waals surface area contributed by atoms with Gasteiger partial charge in [-0.3, -0.25) is 14.9 Å². The number of rotatable bonds is 8. The zero-order valence-electron chi connectivity index (χ0n) is 16.3. The molecule has 156 valence electrons. The zero-order valence-corrected chi connectivity index (χ0v) is 17.0. The Morgan fingerprint density at radius 1 is 1.23 bits per heavy atom. The van der Waals surface area contributed by atoms with Gasteiger partial charge in [0.05, 0.1) is 22.6 Å². The Hall–Kier alpha value is -3.59. The predicted octanol–water partition coefficient (Wildman–Crippen LogP) is 4.44. The van der Waals surface area contributed by atoms with Gasteiger partial charge in [-0.25, -0.2) is 4.68 Å². The molecule has 0 atom stereocenters. The van der Waals surface area contributed by atoms with Crippen LogP contribution in [0.1, 0.15) is 23.0 Å². The van der Waals surface area contributed by atoms with Crippen molar-refractivity contribution in [2.24, 2.45) is 0 Å². The lowest BCUT2D eigenvalue weighted by Crippen LogP contribution is -2.15. The molecule has 0 aliphatic rings. The number of hydrogen-bond acceptors (Lipinski definition) is 6. The second-order valence-corrected chi connectivity index (χ2v) is 6.68. The second-order valence-electron chi connectivity index (χ2n) is 6.27. The van der Waals surface area contributed by atoms with Crippen LogP contribution in [0.15, 0.2) is 48.7 Å². The van der Waals surface area contributed by atoms with Gasteiger partial charge in [-0.1, -0.05) is 17.7 Å². The molecule has 1 amide bonds. The molecule has 3 aromatic rings. The number of ether oxygens (including phenoxy) is 2. The smallest absolute Gasteiger partial charge is 0.296 e. The normalized spacial score (nSPS) is 10.5. The SMILES string of the molecule is CCOc1ccc(NC(=O)c2ccn(COc3cc(C)ccc3Cl)n2)c([N+](=O)[O-])c1. The lowest BCUT2D eigenvalue weighted by Gasteiger charge is -2.09. The lowest BCUT2D eigenvalue weighted by atomic mass is 10.2. The zero-order chi connectivity index (χ0) is 21.7. The average molecular weight is 431 g/mol. The Kier molecular flexibility index (Phi) is 6.53. The van der Waals surface area contributed by atoms with Crippen LogP contribution < -0.4 is 14.8 Å². The first-order valence-electron chi connectivity index (χ1n) is 9.02. The molecular formula is C20H19ClN4O5. The first kappa shape index (κ1) is 21.1. The predicted molar refractivity (Wildman–Crippen MR) is 111 cm³/mol. The molecule has 0 spiro atoms. The van der Waals surface area contributed by atoms with Crippen molar-refractivity contribution in [3.63, 3.8) is 0 Å². The molecule has 30 heavy (non-hydrogen) atoms. The largest absolute Gasteiger partial charge is 0.494 e. The van der Waals surface area contributed by atoms with Crippen LogP contribution in [-0.2, 0) is 6.73 Å². The van der Waals surface area contributed by atoms with E-state index in [1.165, 1.54) is 22.9 Å². The fourth-order valence-electron chi connectivity index (χ4n) is 2.62. The number of nitro groups is 1. The number of hydrogen-bond donors (Lipinski definition) is 1. The fraction of sp³-hybridized carbons (Fsp3) is 0.200. The number of nitrogens with zero attached hydrogens (tertiary/aromatic N) is 3. The van der Waals surface area contributed by atoms with Crippen LogP contribution in [0, 0.1) is 17.0 Å². The quantitative estimate of drug-likeness (QED) is 0.418. The molecule has 1 aromatic heterocycles. The Morgan fingerprint density at radius 2 is 2.03 bits per heavy atom. The van der Waals surface area contributed by atoms with E-state index in [-0.39, 0.29) is 23.8 Å². The summed E-state index contributed by atoms with van der Waals surface area (Å²) in [6.07, 6.45) is 1.56. The standard InChI is InChI=1S/C20H19ClN4O5/c1-3-29-14-5-7-16(18(11-14)25(27)28)22-20(26)17-8-9-24(23-17)12-30-19-10-13(2)4-6-15(19)21/h4-11H,3,12H2,1-2H3,(H,22,26). The highest BCUT2D eigenvalue weighted by molar-refractivity contribution is 6.32. The summed E-state index contributed by atoms with van der Waals surface area (Å²) in [6, 6.07) is 11.1. The number of aromatic nitrogens is 2. The van der Waals surface area contributed by atoms with Gasteiger partial charge in [-0.2, -0.15) is 5.10 Å². The third kappa shape index (κ3) is 5.06. The van der Waals surface area contributed by atoms with E-state index in [4.69, 9.17) is 21.1 Å². The molecule has 1 N–H and O–H groups in total. The molecule has 2 aromatic carbocycles.